The first kappa shape index (κ1) is 15.7. The third-order valence-electron chi connectivity index (χ3n) is 3.71. The number of aliphatic hydroxyl groups is 1. The van der Waals surface area contributed by atoms with Crippen LogP contribution in [0.25, 0.3) is 0 Å². The van der Waals surface area contributed by atoms with E-state index in [0.717, 1.165) is 31.0 Å². The monoisotopic (exact) mass is 315 g/mol. The first-order valence-electron chi connectivity index (χ1n) is 6.54. The number of benzene rings is 1. The van der Waals surface area contributed by atoms with Crippen molar-refractivity contribution < 1.29 is 28.5 Å². The van der Waals surface area contributed by atoms with E-state index in [4.69, 9.17) is 5.11 Å². The Kier molecular flexibility index (Phi) is 4.50. The van der Waals surface area contributed by atoms with Crippen LogP contribution in [0.3, 0.4) is 0 Å². The second-order valence-corrected chi connectivity index (χ2v) is 6.80. The maximum absolute atomic E-state index is 12.3. The highest BCUT2D eigenvalue weighted by atomic mass is 32.2. The van der Waals surface area contributed by atoms with Crippen molar-refractivity contribution in [2.75, 3.05) is 6.61 Å². The Balaban J connectivity index is 2.27. The first-order chi connectivity index (χ1) is 9.85. The molecule has 1 aromatic carbocycles. The average Bonchev–Trinajstić information content (AvgIpc) is 2.85. The van der Waals surface area contributed by atoms with Crippen LogP contribution in [0, 0.1) is 5.92 Å². The van der Waals surface area contributed by atoms with Gasteiger partial charge in [-0.1, -0.05) is 6.42 Å². The van der Waals surface area contributed by atoms with Gasteiger partial charge in [-0.2, -0.15) is 0 Å². The smallest absolute Gasteiger partial charge is 0.339 e. The lowest BCUT2D eigenvalue weighted by atomic mass is 10.1. The van der Waals surface area contributed by atoms with E-state index < -0.39 is 27.3 Å². The normalized spacial score (nSPS) is 22.3. The van der Waals surface area contributed by atoms with Gasteiger partial charge in [-0.25, -0.2) is 17.9 Å². The van der Waals surface area contributed by atoms with Crippen LogP contribution in [0.15, 0.2) is 23.1 Å². The minimum Gasteiger partial charge on any atom is -0.507 e. The summed E-state index contributed by atoms with van der Waals surface area (Å²) in [5.41, 5.74) is -0.469. The van der Waals surface area contributed by atoms with Gasteiger partial charge in [0.2, 0.25) is 10.0 Å². The van der Waals surface area contributed by atoms with Crippen molar-refractivity contribution in [1.82, 2.24) is 4.72 Å². The summed E-state index contributed by atoms with van der Waals surface area (Å²) in [6, 6.07) is 2.74. The van der Waals surface area contributed by atoms with Crippen LogP contribution < -0.4 is 4.72 Å². The van der Waals surface area contributed by atoms with E-state index in [1.807, 2.05) is 0 Å². The highest BCUT2D eigenvalue weighted by Gasteiger charge is 2.31. The van der Waals surface area contributed by atoms with Crippen molar-refractivity contribution >= 4 is 16.0 Å². The molecule has 0 saturated heterocycles. The van der Waals surface area contributed by atoms with Gasteiger partial charge in [0.05, 0.1) is 4.90 Å². The molecular formula is C13H17NO6S. The summed E-state index contributed by atoms with van der Waals surface area (Å²) in [6.07, 6.45) is 2.21. The Labute approximate surface area is 122 Å². The molecule has 0 amide bonds. The Bertz CT molecular complexity index is 642. The fraction of sp³-hybridized carbons (Fsp3) is 0.462. The van der Waals surface area contributed by atoms with Gasteiger partial charge in [0.15, 0.2) is 0 Å². The van der Waals surface area contributed by atoms with Gasteiger partial charge in [-0.05, 0) is 37.0 Å². The Morgan fingerprint density at radius 3 is 2.67 bits per heavy atom. The summed E-state index contributed by atoms with van der Waals surface area (Å²) < 4.78 is 27.0. The zero-order valence-electron chi connectivity index (χ0n) is 11.2. The molecule has 0 radical (unpaired) electrons. The molecule has 1 saturated carbocycles. The van der Waals surface area contributed by atoms with Crippen molar-refractivity contribution in [1.29, 1.82) is 0 Å². The van der Waals surface area contributed by atoms with Crippen LogP contribution in [-0.4, -0.2) is 42.4 Å². The van der Waals surface area contributed by atoms with Gasteiger partial charge in [-0.3, -0.25) is 0 Å². The van der Waals surface area contributed by atoms with E-state index in [9.17, 15) is 23.4 Å². The molecule has 8 heteroatoms. The maximum Gasteiger partial charge on any atom is 0.339 e. The first-order valence-corrected chi connectivity index (χ1v) is 8.03. The van der Waals surface area contributed by atoms with Gasteiger partial charge >= 0.3 is 5.97 Å². The molecule has 1 aliphatic rings. The lowest BCUT2D eigenvalue weighted by Crippen LogP contribution is -2.38. The Morgan fingerprint density at radius 2 is 2.05 bits per heavy atom. The minimum absolute atomic E-state index is 0.0941. The summed E-state index contributed by atoms with van der Waals surface area (Å²) in [5.74, 6) is -2.02. The van der Waals surface area contributed by atoms with Gasteiger partial charge < -0.3 is 15.3 Å². The van der Waals surface area contributed by atoms with Crippen LogP contribution in [0.5, 0.6) is 5.75 Å². The molecule has 21 heavy (non-hydrogen) atoms. The molecule has 7 nitrogen and oxygen atoms in total. The predicted molar refractivity (Wildman–Crippen MR) is 73.6 cm³/mol. The molecule has 0 aromatic heterocycles. The number of hydrogen-bond acceptors (Lipinski definition) is 5. The Morgan fingerprint density at radius 1 is 1.33 bits per heavy atom. The molecule has 0 aliphatic heterocycles. The molecule has 4 N–H and O–H groups in total. The zero-order valence-corrected chi connectivity index (χ0v) is 12.0. The van der Waals surface area contributed by atoms with Crippen LogP contribution in [0.4, 0.5) is 0 Å². The number of nitrogens with one attached hydrogen (secondary N) is 1. The number of hydrogen-bond donors (Lipinski definition) is 4. The highest BCUT2D eigenvalue weighted by Crippen LogP contribution is 2.27. The molecule has 2 rings (SSSR count). The third-order valence-corrected chi connectivity index (χ3v) is 5.20. The van der Waals surface area contributed by atoms with Gasteiger partial charge in [-0.15, -0.1) is 0 Å². The van der Waals surface area contributed by atoms with Crippen LogP contribution in [-0.2, 0) is 10.0 Å². The maximum atomic E-state index is 12.3. The van der Waals surface area contributed by atoms with Gasteiger partial charge in [0, 0.05) is 12.6 Å². The number of aliphatic hydroxyl groups excluding tert-OH is 1. The van der Waals surface area contributed by atoms with E-state index in [2.05, 4.69) is 4.72 Å². The lowest BCUT2D eigenvalue weighted by molar-refractivity contribution is 0.0693. The number of carbonyl (C=O) groups is 1. The van der Waals surface area contributed by atoms with Gasteiger partial charge in [0.25, 0.3) is 0 Å². The molecular weight excluding hydrogens is 298 g/mol. The predicted octanol–water partition coefficient (Wildman–Crippen LogP) is 0.530. The number of rotatable bonds is 5. The van der Waals surface area contributed by atoms with Crippen molar-refractivity contribution in [3.63, 3.8) is 0 Å². The molecule has 1 aliphatic carbocycles. The summed E-state index contributed by atoms with van der Waals surface area (Å²) >= 11 is 0. The molecule has 1 fully saturated rings. The highest BCUT2D eigenvalue weighted by molar-refractivity contribution is 7.89. The quantitative estimate of drug-likeness (QED) is 0.628. The Hall–Kier alpha value is -1.64. The summed E-state index contributed by atoms with van der Waals surface area (Å²) in [7, 11) is -3.90. The molecule has 0 heterocycles. The molecule has 2 unspecified atom stereocenters. The second-order valence-electron chi connectivity index (χ2n) is 5.09. The number of aromatic carboxylic acids is 1. The SMILES string of the molecule is O=C(O)c1cc(S(=O)(=O)NC2CCCC2CO)ccc1O. The van der Waals surface area contributed by atoms with Gasteiger partial charge in [0.1, 0.15) is 11.3 Å². The number of carboxylic acids is 1. The molecule has 116 valence electrons. The summed E-state index contributed by atoms with van der Waals surface area (Å²) in [5, 5.41) is 27.5. The van der Waals surface area contributed by atoms with Crippen molar-refractivity contribution in [3.05, 3.63) is 23.8 Å². The third kappa shape index (κ3) is 3.34. The number of phenols is 1. The zero-order chi connectivity index (χ0) is 15.6. The second kappa shape index (κ2) is 6.00. The van der Waals surface area contributed by atoms with Crippen molar-refractivity contribution in [2.24, 2.45) is 5.92 Å². The van der Waals surface area contributed by atoms with E-state index in [0.29, 0.717) is 6.42 Å². The van der Waals surface area contributed by atoms with E-state index in [-0.39, 0.29) is 23.5 Å². The molecule has 0 spiro atoms. The molecule has 1 aromatic rings. The van der Waals surface area contributed by atoms with Crippen LogP contribution >= 0.6 is 0 Å². The number of sulfonamides is 1. The lowest BCUT2D eigenvalue weighted by Gasteiger charge is -2.19. The fourth-order valence-corrected chi connectivity index (χ4v) is 3.90. The van der Waals surface area contributed by atoms with E-state index in [1.54, 1.807) is 0 Å². The topological polar surface area (TPSA) is 124 Å². The van der Waals surface area contributed by atoms with Crippen LogP contribution in [0.2, 0.25) is 0 Å². The van der Waals surface area contributed by atoms with Crippen molar-refractivity contribution in [3.8, 4) is 5.75 Å². The number of aromatic hydroxyl groups is 1. The summed E-state index contributed by atoms with van der Waals surface area (Å²) in [6.45, 7) is -0.0941. The summed E-state index contributed by atoms with van der Waals surface area (Å²) in [4.78, 5) is 10.7. The van der Waals surface area contributed by atoms with E-state index >= 15 is 0 Å². The molecule has 2 atom stereocenters. The molecule has 0 bridgehead atoms. The van der Waals surface area contributed by atoms with E-state index in [1.165, 1.54) is 0 Å². The average molecular weight is 315 g/mol. The van der Waals surface area contributed by atoms with Crippen LogP contribution in [0.1, 0.15) is 29.6 Å². The fourth-order valence-electron chi connectivity index (χ4n) is 2.53. The standard InChI is InChI=1S/C13H17NO6S/c15-7-8-2-1-3-11(8)14-21(19,20)9-4-5-12(16)10(6-9)13(17)18/h4-6,8,11,14-16H,1-3,7H2,(H,17,18). The number of carboxylic acid groups (broad SMARTS) is 1. The van der Waals surface area contributed by atoms with Crippen molar-refractivity contribution in [2.45, 2.75) is 30.2 Å². The largest absolute Gasteiger partial charge is 0.507 e. The minimum atomic E-state index is -3.90.